The van der Waals surface area contributed by atoms with Gasteiger partial charge in [0.25, 0.3) is 0 Å². The Balaban J connectivity index is 0.00000225. The second kappa shape index (κ2) is 6.41. The summed E-state index contributed by atoms with van der Waals surface area (Å²) in [6, 6.07) is 4.76. The van der Waals surface area contributed by atoms with E-state index >= 15 is 0 Å². The molecular weight excluding hydrogens is 212 g/mol. The summed E-state index contributed by atoms with van der Waals surface area (Å²) in [5.41, 5.74) is 2.99. The molecule has 0 aliphatic carbocycles. The number of nitrogens with one attached hydrogen (secondary N) is 1. The molecular formula is C10H14N2O4. The average Bonchev–Trinajstić information content (AvgIpc) is 2.20. The van der Waals surface area contributed by atoms with Crippen LogP contribution in [0.5, 0.6) is 11.5 Å². The summed E-state index contributed by atoms with van der Waals surface area (Å²) in [5.74, 6) is 0.188. The van der Waals surface area contributed by atoms with Crippen molar-refractivity contribution in [2.45, 2.75) is 6.92 Å². The van der Waals surface area contributed by atoms with Crippen molar-refractivity contribution in [3.8, 4) is 11.5 Å². The Morgan fingerprint density at radius 2 is 2.25 bits per heavy atom. The van der Waals surface area contributed by atoms with E-state index in [1.54, 1.807) is 12.1 Å². The van der Waals surface area contributed by atoms with Crippen molar-refractivity contribution < 1.29 is 20.1 Å². The molecule has 6 heteroatoms. The smallest absolute Gasteiger partial charge is 0.236 e. The lowest BCUT2D eigenvalue weighted by Gasteiger charge is -2.03. The number of hydrogen-bond donors (Lipinski definition) is 2. The van der Waals surface area contributed by atoms with Crippen molar-refractivity contribution in [1.82, 2.24) is 5.43 Å². The molecule has 0 aromatic heterocycles. The van der Waals surface area contributed by atoms with E-state index in [0.717, 1.165) is 5.56 Å². The highest BCUT2D eigenvalue weighted by Crippen LogP contribution is 2.25. The Hall–Kier alpha value is -2.08. The van der Waals surface area contributed by atoms with Gasteiger partial charge in [-0.15, -0.1) is 0 Å². The van der Waals surface area contributed by atoms with Crippen LogP contribution < -0.4 is 10.2 Å². The highest BCUT2D eigenvalue weighted by molar-refractivity contribution is 5.82. The molecule has 88 valence electrons. The van der Waals surface area contributed by atoms with Gasteiger partial charge in [-0.05, 0) is 23.8 Å². The van der Waals surface area contributed by atoms with Gasteiger partial charge in [0.15, 0.2) is 11.5 Å². The van der Waals surface area contributed by atoms with E-state index in [1.807, 2.05) is 0 Å². The first-order valence-corrected chi connectivity index (χ1v) is 4.30. The molecule has 4 N–H and O–H groups in total. The molecule has 16 heavy (non-hydrogen) atoms. The van der Waals surface area contributed by atoms with Crippen LogP contribution in [0.4, 0.5) is 0 Å². The fourth-order valence-corrected chi connectivity index (χ4v) is 0.972. The van der Waals surface area contributed by atoms with Crippen LogP contribution >= 0.6 is 0 Å². The summed E-state index contributed by atoms with van der Waals surface area (Å²) in [7, 11) is 1.46. The topological polar surface area (TPSA) is 102 Å². The van der Waals surface area contributed by atoms with E-state index in [2.05, 4.69) is 10.5 Å². The van der Waals surface area contributed by atoms with Gasteiger partial charge in [0.2, 0.25) is 5.91 Å². The number of rotatable bonds is 3. The standard InChI is InChI=1S/C10H12N2O3.H2O/c1-7(13)12-11-6-8-3-4-9(14)10(5-8)15-2;/h3-6,14H,1-2H3,(H,12,13);1H2/b11-6+;. The van der Waals surface area contributed by atoms with E-state index in [1.165, 1.54) is 26.3 Å². The molecule has 0 bridgehead atoms. The third-order valence-corrected chi connectivity index (χ3v) is 1.64. The summed E-state index contributed by atoms with van der Waals surface area (Å²) in [5, 5.41) is 13.0. The molecule has 1 aromatic rings. The van der Waals surface area contributed by atoms with E-state index in [9.17, 15) is 9.90 Å². The zero-order valence-corrected chi connectivity index (χ0v) is 9.02. The molecule has 1 amide bonds. The van der Waals surface area contributed by atoms with Crippen molar-refractivity contribution in [1.29, 1.82) is 0 Å². The zero-order valence-electron chi connectivity index (χ0n) is 9.02. The minimum atomic E-state index is -0.239. The van der Waals surface area contributed by atoms with Crippen molar-refractivity contribution in [2.75, 3.05) is 7.11 Å². The average molecular weight is 226 g/mol. The number of amides is 1. The Morgan fingerprint density at radius 3 is 2.81 bits per heavy atom. The first kappa shape index (κ1) is 13.9. The number of hydrogen-bond acceptors (Lipinski definition) is 4. The molecule has 0 fully saturated rings. The van der Waals surface area contributed by atoms with Crippen molar-refractivity contribution >= 4 is 12.1 Å². The minimum Gasteiger partial charge on any atom is -0.504 e. The van der Waals surface area contributed by atoms with E-state index in [4.69, 9.17) is 4.74 Å². The highest BCUT2D eigenvalue weighted by Gasteiger charge is 2.00. The normalized spacial score (nSPS) is 9.62. The fraction of sp³-hybridized carbons (Fsp3) is 0.200. The lowest BCUT2D eigenvalue weighted by molar-refractivity contribution is -0.118. The lowest BCUT2D eigenvalue weighted by Crippen LogP contribution is -2.12. The van der Waals surface area contributed by atoms with Crippen LogP contribution in [-0.2, 0) is 4.79 Å². The van der Waals surface area contributed by atoms with Crippen LogP contribution in [0, 0.1) is 0 Å². The zero-order chi connectivity index (χ0) is 11.3. The molecule has 0 atom stereocenters. The predicted molar refractivity (Wildman–Crippen MR) is 59.7 cm³/mol. The summed E-state index contributed by atoms with van der Waals surface area (Å²) in [6.07, 6.45) is 1.46. The van der Waals surface area contributed by atoms with Gasteiger partial charge in [0, 0.05) is 6.92 Å². The summed E-state index contributed by atoms with van der Waals surface area (Å²) >= 11 is 0. The number of carbonyl (C=O) groups excluding carboxylic acids is 1. The molecule has 0 aliphatic rings. The highest BCUT2D eigenvalue weighted by atomic mass is 16.5. The van der Waals surface area contributed by atoms with Crippen LogP contribution in [-0.4, -0.2) is 29.8 Å². The van der Waals surface area contributed by atoms with Crippen LogP contribution in [0.1, 0.15) is 12.5 Å². The number of benzene rings is 1. The molecule has 0 aliphatic heterocycles. The van der Waals surface area contributed by atoms with E-state index in [-0.39, 0.29) is 17.1 Å². The fourth-order valence-electron chi connectivity index (χ4n) is 0.972. The second-order valence-corrected chi connectivity index (χ2v) is 2.86. The maximum Gasteiger partial charge on any atom is 0.236 e. The maximum atomic E-state index is 10.5. The van der Waals surface area contributed by atoms with E-state index < -0.39 is 0 Å². The Labute approximate surface area is 92.9 Å². The van der Waals surface area contributed by atoms with Crippen LogP contribution in [0.2, 0.25) is 0 Å². The van der Waals surface area contributed by atoms with Crippen molar-refractivity contribution in [2.24, 2.45) is 5.10 Å². The Kier molecular flexibility index (Phi) is 5.58. The first-order chi connectivity index (χ1) is 7.13. The van der Waals surface area contributed by atoms with Crippen LogP contribution in [0.25, 0.3) is 0 Å². The van der Waals surface area contributed by atoms with Crippen molar-refractivity contribution in [3.05, 3.63) is 23.8 Å². The summed E-state index contributed by atoms with van der Waals surface area (Å²) in [4.78, 5) is 10.5. The molecule has 0 saturated heterocycles. The van der Waals surface area contributed by atoms with Gasteiger partial charge >= 0.3 is 0 Å². The van der Waals surface area contributed by atoms with Gasteiger partial charge in [-0.1, -0.05) is 0 Å². The van der Waals surface area contributed by atoms with Crippen LogP contribution in [0.3, 0.4) is 0 Å². The second-order valence-electron chi connectivity index (χ2n) is 2.86. The van der Waals surface area contributed by atoms with Gasteiger partial charge < -0.3 is 15.3 Å². The Bertz CT molecular complexity index is 390. The minimum absolute atomic E-state index is 0. The number of ether oxygens (including phenoxy) is 1. The van der Waals surface area contributed by atoms with Crippen molar-refractivity contribution in [3.63, 3.8) is 0 Å². The number of aromatic hydroxyl groups is 1. The number of methoxy groups -OCH3 is 1. The van der Waals surface area contributed by atoms with Gasteiger partial charge in [0.1, 0.15) is 0 Å². The number of nitrogens with zero attached hydrogens (tertiary/aromatic N) is 1. The summed E-state index contributed by atoms with van der Waals surface area (Å²) in [6.45, 7) is 1.37. The molecule has 1 rings (SSSR count). The molecule has 0 spiro atoms. The molecule has 1 aromatic carbocycles. The monoisotopic (exact) mass is 226 g/mol. The maximum absolute atomic E-state index is 10.5. The van der Waals surface area contributed by atoms with Crippen LogP contribution in [0.15, 0.2) is 23.3 Å². The Morgan fingerprint density at radius 1 is 1.56 bits per heavy atom. The largest absolute Gasteiger partial charge is 0.504 e. The molecule has 0 radical (unpaired) electrons. The lowest BCUT2D eigenvalue weighted by atomic mass is 10.2. The third-order valence-electron chi connectivity index (χ3n) is 1.64. The van der Waals surface area contributed by atoms with Gasteiger partial charge in [-0.25, -0.2) is 5.43 Å². The number of phenolic OH excluding ortho intramolecular Hbond substituents is 1. The molecule has 0 heterocycles. The van der Waals surface area contributed by atoms with Gasteiger partial charge in [0.05, 0.1) is 13.3 Å². The summed E-state index contributed by atoms with van der Waals surface area (Å²) < 4.78 is 4.91. The third kappa shape index (κ3) is 3.97. The van der Waals surface area contributed by atoms with Gasteiger partial charge in [-0.3, -0.25) is 4.79 Å². The molecule has 0 saturated carbocycles. The number of carbonyl (C=O) groups is 1. The molecule has 6 nitrogen and oxygen atoms in total. The first-order valence-electron chi connectivity index (χ1n) is 4.30. The number of hydrazone groups is 1. The predicted octanol–water partition coefficient (Wildman–Crippen LogP) is 0.0461. The molecule has 0 unspecified atom stereocenters. The number of phenols is 1. The van der Waals surface area contributed by atoms with E-state index in [0.29, 0.717) is 5.75 Å². The quantitative estimate of drug-likeness (QED) is 0.562. The SMILES string of the molecule is COc1cc(/C=N/NC(C)=O)ccc1O.O. The van der Waals surface area contributed by atoms with Gasteiger partial charge in [-0.2, -0.15) is 5.10 Å².